The van der Waals surface area contributed by atoms with E-state index in [4.69, 9.17) is 5.11 Å². The zero-order valence-electron chi connectivity index (χ0n) is 12.0. The van der Waals surface area contributed by atoms with Gasteiger partial charge in [-0.3, -0.25) is 14.3 Å². The summed E-state index contributed by atoms with van der Waals surface area (Å²) in [5, 5.41) is 15.6. The summed E-state index contributed by atoms with van der Waals surface area (Å²) in [7, 11) is 2.16. The van der Waals surface area contributed by atoms with Crippen LogP contribution in [0.15, 0.2) is 12.4 Å². The molecule has 2 atom stereocenters. The van der Waals surface area contributed by atoms with Crippen LogP contribution in [-0.2, 0) is 11.3 Å². The van der Waals surface area contributed by atoms with Crippen molar-refractivity contribution in [2.24, 2.45) is 0 Å². The van der Waals surface area contributed by atoms with Crippen LogP contribution in [0.4, 0.5) is 0 Å². The Morgan fingerprint density at radius 3 is 2.67 bits per heavy atom. The van der Waals surface area contributed by atoms with E-state index in [1.165, 1.54) is 29.9 Å². The van der Waals surface area contributed by atoms with E-state index in [0.29, 0.717) is 17.6 Å². The summed E-state index contributed by atoms with van der Waals surface area (Å²) >= 11 is 0. The highest BCUT2D eigenvalue weighted by molar-refractivity contribution is 5.93. The molecule has 7 nitrogen and oxygen atoms in total. The number of carbonyl (C=O) groups is 2. The minimum absolute atomic E-state index is 0.166. The Balaban J connectivity index is 1.59. The van der Waals surface area contributed by atoms with E-state index in [2.05, 4.69) is 22.4 Å². The lowest BCUT2D eigenvalue weighted by atomic mass is 9.98. The molecule has 2 bridgehead atoms. The number of aliphatic carboxylic acids is 1. The summed E-state index contributed by atoms with van der Waals surface area (Å²) in [5.41, 5.74) is 0.419. The van der Waals surface area contributed by atoms with E-state index in [9.17, 15) is 9.59 Å². The van der Waals surface area contributed by atoms with Crippen LogP contribution in [0.1, 0.15) is 36.0 Å². The molecule has 1 amide bonds. The molecule has 21 heavy (non-hydrogen) atoms. The van der Waals surface area contributed by atoms with Gasteiger partial charge in [-0.2, -0.15) is 5.10 Å². The van der Waals surface area contributed by atoms with E-state index in [0.717, 1.165) is 12.8 Å². The Morgan fingerprint density at radius 1 is 1.38 bits per heavy atom. The van der Waals surface area contributed by atoms with E-state index < -0.39 is 5.97 Å². The van der Waals surface area contributed by atoms with Crippen molar-refractivity contribution >= 4 is 11.9 Å². The second-order valence-electron chi connectivity index (χ2n) is 6.01. The van der Waals surface area contributed by atoms with E-state index >= 15 is 0 Å². The third-order valence-electron chi connectivity index (χ3n) is 4.63. The second kappa shape index (κ2) is 5.48. The highest BCUT2D eigenvalue weighted by Gasteiger charge is 2.38. The number of piperidine rings is 1. The fourth-order valence-electron chi connectivity index (χ4n) is 3.50. The lowest BCUT2D eigenvalue weighted by molar-refractivity contribution is -0.137. The van der Waals surface area contributed by atoms with Crippen LogP contribution in [0.2, 0.25) is 0 Å². The third-order valence-corrected chi connectivity index (χ3v) is 4.63. The van der Waals surface area contributed by atoms with Crippen LogP contribution in [-0.4, -0.2) is 56.8 Å². The third kappa shape index (κ3) is 2.92. The number of aromatic nitrogens is 2. The molecule has 2 unspecified atom stereocenters. The molecule has 2 saturated heterocycles. The lowest BCUT2D eigenvalue weighted by Gasteiger charge is -2.36. The summed E-state index contributed by atoms with van der Waals surface area (Å²) in [6.07, 6.45) is 7.30. The Hall–Kier alpha value is -1.89. The molecule has 2 N–H and O–H groups in total. The number of hydrogen-bond acceptors (Lipinski definition) is 4. The zero-order chi connectivity index (χ0) is 15.0. The van der Waals surface area contributed by atoms with Gasteiger partial charge in [0.2, 0.25) is 0 Å². The Morgan fingerprint density at radius 2 is 2.05 bits per heavy atom. The molecule has 0 aliphatic carbocycles. The van der Waals surface area contributed by atoms with Gasteiger partial charge in [-0.05, 0) is 32.7 Å². The zero-order valence-corrected chi connectivity index (χ0v) is 12.0. The Bertz CT molecular complexity index is 542. The van der Waals surface area contributed by atoms with Gasteiger partial charge in [0.15, 0.2) is 0 Å². The number of fused-ring (bicyclic) bond motifs is 2. The topological polar surface area (TPSA) is 87.5 Å². The fourth-order valence-corrected chi connectivity index (χ4v) is 3.50. The molecule has 2 fully saturated rings. The summed E-state index contributed by atoms with van der Waals surface area (Å²) in [5.74, 6) is -1.14. The number of carbonyl (C=O) groups excluding carboxylic acids is 1. The summed E-state index contributed by atoms with van der Waals surface area (Å²) < 4.78 is 1.26. The maximum absolute atomic E-state index is 12.2. The van der Waals surface area contributed by atoms with Crippen molar-refractivity contribution in [1.82, 2.24) is 20.0 Å². The molecule has 2 aliphatic rings. The predicted octanol–water partition coefficient (Wildman–Crippen LogP) is 0.323. The average Bonchev–Trinajstić information content (AvgIpc) is 2.92. The molecule has 0 radical (unpaired) electrons. The largest absolute Gasteiger partial charge is 0.480 e. The standard InChI is InChI=1S/C14H20N4O3/c1-17-11-2-3-12(17)5-10(4-11)16-14(21)9-6-15-18(7-9)8-13(19)20/h6-7,10-12H,2-5,8H2,1H3,(H,16,21)(H,19,20). The maximum atomic E-state index is 12.2. The molecule has 7 heteroatoms. The van der Waals surface area contributed by atoms with E-state index in [-0.39, 0.29) is 18.5 Å². The van der Waals surface area contributed by atoms with Gasteiger partial charge < -0.3 is 15.3 Å². The quantitative estimate of drug-likeness (QED) is 0.834. The fraction of sp³-hybridized carbons (Fsp3) is 0.643. The molecular formula is C14H20N4O3. The molecule has 1 aromatic rings. The van der Waals surface area contributed by atoms with Crippen LogP contribution >= 0.6 is 0 Å². The normalized spacial score (nSPS) is 28.5. The molecule has 3 rings (SSSR count). The Labute approximate surface area is 122 Å². The summed E-state index contributed by atoms with van der Waals surface area (Å²) in [4.78, 5) is 25.2. The number of carboxylic acid groups (broad SMARTS) is 1. The van der Waals surface area contributed by atoms with Crippen LogP contribution in [0.5, 0.6) is 0 Å². The van der Waals surface area contributed by atoms with Gasteiger partial charge >= 0.3 is 5.97 Å². The molecular weight excluding hydrogens is 272 g/mol. The van der Waals surface area contributed by atoms with Gasteiger partial charge in [0, 0.05) is 24.3 Å². The van der Waals surface area contributed by atoms with Crippen molar-refractivity contribution in [1.29, 1.82) is 0 Å². The molecule has 0 aromatic carbocycles. The number of nitrogens with zero attached hydrogens (tertiary/aromatic N) is 3. The second-order valence-corrected chi connectivity index (χ2v) is 6.01. The highest BCUT2D eigenvalue weighted by atomic mass is 16.4. The smallest absolute Gasteiger partial charge is 0.325 e. The van der Waals surface area contributed by atoms with Crippen LogP contribution in [0.25, 0.3) is 0 Å². The number of carboxylic acids is 1. The van der Waals surface area contributed by atoms with Gasteiger partial charge in [-0.25, -0.2) is 0 Å². The van der Waals surface area contributed by atoms with Gasteiger partial charge in [0.1, 0.15) is 6.54 Å². The van der Waals surface area contributed by atoms with Gasteiger partial charge in [0.05, 0.1) is 11.8 Å². The van der Waals surface area contributed by atoms with Crippen molar-refractivity contribution in [2.75, 3.05) is 7.05 Å². The highest BCUT2D eigenvalue weighted by Crippen LogP contribution is 2.34. The lowest BCUT2D eigenvalue weighted by Crippen LogP contribution is -2.48. The molecule has 0 spiro atoms. The predicted molar refractivity (Wildman–Crippen MR) is 74.9 cm³/mol. The number of amides is 1. The Kier molecular flexibility index (Phi) is 3.67. The number of nitrogens with one attached hydrogen (secondary N) is 1. The molecule has 0 saturated carbocycles. The number of rotatable bonds is 4. The first kappa shape index (κ1) is 14.1. The van der Waals surface area contributed by atoms with E-state index in [1.807, 2.05) is 0 Å². The average molecular weight is 292 g/mol. The molecule has 1 aromatic heterocycles. The van der Waals surface area contributed by atoms with Crippen LogP contribution in [0.3, 0.4) is 0 Å². The summed E-state index contributed by atoms with van der Waals surface area (Å²) in [6, 6.07) is 1.35. The van der Waals surface area contributed by atoms with Gasteiger partial charge in [-0.1, -0.05) is 0 Å². The minimum atomic E-state index is -0.975. The first-order valence-electron chi connectivity index (χ1n) is 7.30. The molecule has 2 aliphatic heterocycles. The van der Waals surface area contributed by atoms with Crippen molar-refractivity contribution in [3.05, 3.63) is 18.0 Å². The first-order chi connectivity index (χ1) is 10.0. The van der Waals surface area contributed by atoms with Crippen LogP contribution < -0.4 is 5.32 Å². The van der Waals surface area contributed by atoms with Crippen molar-refractivity contribution in [3.63, 3.8) is 0 Å². The monoisotopic (exact) mass is 292 g/mol. The minimum Gasteiger partial charge on any atom is -0.480 e. The van der Waals surface area contributed by atoms with Crippen molar-refractivity contribution < 1.29 is 14.7 Å². The number of hydrogen-bond donors (Lipinski definition) is 2. The van der Waals surface area contributed by atoms with Crippen LogP contribution in [0, 0.1) is 0 Å². The molecule has 3 heterocycles. The van der Waals surface area contributed by atoms with Crippen molar-refractivity contribution in [3.8, 4) is 0 Å². The van der Waals surface area contributed by atoms with Crippen molar-refractivity contribution in [2.45, 2.75) is 50.4 Å². The summed E-state index contributed by atoms with van der Waals surface area (Å²) in [6.45, 7) is -0.231. The maximum Gasteiger partial charge on any atom is 0.325 e. The first-order valence-corrected chi connectivity index (χ1v) is 7.30. The molecule has 114 valence electrons. The van der Waals surface area contributed by atoms with E-state index in [1.54, 1.807) is 0 Å². The SMILES string of the molecule is CN1C2CCC1CC(NC(=O)c1cnn(CC(=O)O)c1)C2. The van der Waals surface area contributed by atoms with Gasteiger partial charge in [-0.15, -0.1) is 0 Å². The van der Waals surface area contributed by atoms with Gasteiger partial charge in [0.25, 0.3) is 5.91 Å².